The molecule has 2 unspecified atom stereocenters. The summed E-state index contributed by atoms with van der Waals surface area (Å²) >= 11 is 1.80. The lowest BCUT2D eigenvalue weighted by Gasteiger charge is -2.26. The van der Waals surface area contributed by atoms with Crippen LogP contribution in [0.25, 0.3) is 11.3 Å². The van der Waals surface area contributed by atoms with Gasteiger partial charge in [0.25, 0.3) is 0 Å². The van der Waals surface area contributed by atoms with Crippen molar-refractivity contribution in [3.05, 3.63) is 40.2 Å². The third-order valence-electron chi connectivity index (χ3n) is 4.54. The summed E-state index contributed by atoms with van der Waals surface area (Å²) in [5.74, 6) is 1.53. The molecule has 3 heteroatoms. The summed E-state index contributed by atoms with van der Waals surface area (Å²) in [6.07, 6.45) is 6.62. The van der Waals surface area contributed by atoms with Gasteiger partial charge in [-0.3, -0.25) is 0 Å². The molecule has 108 valence electrons. The molecule has 1 aliphatic rings. The van der Waals surface area contributed by atoms with E-state index in [0.29, 0.717) is 11.5 Å². The van der Waals surface area contributed by atoms with Crippen molar-refractivity contribution in [3.63, 3.8) is 0 Å². The topological polar surface area (TPSA) is 36.7 Å². The standard InChI is InChI=1S/C18H20N2S/c1-2-13-4-3-5-16(10-13)18-20-17(12-21-18)15-8-6-14(11-19)7-9-15/h6-9,12-13,16H,2-5,10H2,1H3. The van der Waals surface area contributed by atoms with E-state index in [1.807, 2.05) is 24.3 Å². The average Bonchev–Trinajstić information content (AvgIpc) is 3.05. The van der Waals surface area contributed by atoms with Crippen molar-refractivity contribution in [2.75, 3.05) is 0 Å². The molecule has 1 saturated carbocycles. The van der Waals surface area contributed by atoms with Crippen LogP contribution >= 0.6 is 11.3 Å². The van der Waals surface area contributed by atoms with Crippen molar-refractivity contribution in [3.8, 4) is 17.3 Å². The quantitative estimate of drug-likeness (QED) is 0.764. The number of hydrogen-bond acceptors (Lipinski definition) is 3. The molecule has 1 aliphatic carbocycles. The second kappa shape index (κ2) is 6.41. The molecule has 3 rings (SSSR count). The molecule has 0 N–H and O–H groups in total. The molecule has 1 aromatic heterocycles. The zero-order chi connectivity index (χ0) is 14.7. The highest BCUT2D eigenvalue weighted by molar-refractivity contribution is 7.10. The third kappa shape index (κ3) is 3.16. The van der Waals surface area contributed by atoms with E-state index < -0.39 is 0 Å². The number of thiazole rings is 1. The third-order valence-corrected chi connectivity index (χ3v) is 5.55. The molecule has 0 spiro atoms. The van der Waals surface area contributed by atoms with Gasteiger partial charge in [0.05, 0.1) is 22.3 Å². The molecule has 21 heavy (non-hydrogen) atoms. The maximum atomic E-state index is 8.86. The SMILES string of the molecule is CCC1CCCC(c2nc(-c3ccc(C#N)cc3)cs2)C1. The van der Waals surface area contributed by atoms with Crippen LogP contribution in [0.15, 0.2) is 29.6 Å². The lowest BCUT2D eigenvalue weighted by molar-refractivity contribution is 0.314. The summed E-state index contributed by atoms with van der Waals surface area (Å²) in [7, 11) is 0. The second-order valence-corrected chi connectivity index (χ2v) is 6.79. The minimum absolute atomic E-state index is 0.654. The molecule has 0 radical (unpaired) electrons. The Labute approximate surface area is 130 Å². The van der Waals surface area contributed by atoms with Crippen LogP contribution in [0.5, 0.6) is 0 Å². The fraction of sp³-hybridized carbons (Fsp3) is 0.444. The zero-order valence-corrected chi connectivity index (χ0v) is 13.2. The van der Waals surface area contributed by atoms with Gasteiger partial charge >= 0.3 is 0 Å². The van der Waals surface area contributed by atoms with E-state index in [9.17, 15) is 0 Å². The predicted molar refractivity (Wildman–Crippen MR) is 87.3 cm³/mol. The van der Waals surface area contributed by atoms with Crippen LogP contribution in [0.2, 0.25) is 0 Å². The summed E-state index contributed by atoms with van der Waals surface area (Å²) in [5.41, 5.74) is 2.87. The fourth-order valence-electron chi connectivity index (χ4n) is 3.21. The largest absolute Gasteiger partial charge is 0.241 e. The Morgan fingerprint density at radius 3 is 2.81 bits per heavy atom. The molecule has 2 nitrogen and oxygen atoms in total. The lowest BCUT2D eigenvalue weighted by atomic mass is 9.80. The van der Waals surface area contributed by atoms with E-state index in [1.165, 1.54) is 37.1 Å². The van der Waals surface area contributed by atoms with Crippen LogP contribution in [0, 0.1) is 17.2 Å². The van der Waals surface area contributed by atoms with Gasteiger partial charge in [0.15, 0.2) is 0 Å². The van der Waals surface area contributed by atoms with Gasteiger partial charge in [-0.25, -0.2) is 4.98 Å². The number of benzene rings is 1. The van der Waals surface area contributed by atoms with Gasteiger partial charge < -0.3 is 0 Å². The average molecular weight is 296 g/mol. The first-order chi connectivity index (χ1) is 10.3. The molecule has 1 fully saturated rings. The van der Waals surface area contributed by atoms with E-state index in [2.05, 4.69) is 18.4 Å². The maximum absolute atomic E-state index is 8.86. The van der Waals surface area contributed by atoms with Crippen molar-refractivity contribution in [1.29, 1.82) is 5.26 Å². The van der Waals surface area contributed by atoms with Crippen LogP contribution in [0.4, 0.5) is 0 Å². The van der Waals surface area contributed by atoms with E-state index >= 15 is 0 Å². The number of aromatic nitrogens is 1. The number of nitriles is 1. The molecule has 2 atom stereocenters. The van der Waals surface area contributed by atoms with E-state index in [4.69, 9.17) is 10.2 Å². The molecule has 1 heterocycles. The Hall–Kier alpha value is -1.66. The van der Waals surface area contributed by atoms with Crippen molar-refractivity contribution in [1.82, 2.24) is 4.98 Å². The summed E-state index contributed by atoms with van der Waals surface area (Å²) in [4.78, 5) is 4.86. The fourth-order valence-corrected chi connectivity index (χ4v) is 4.19. The first-order valence-corrected chi connectivity index (χ1v) is 8.64. The van der Waals surface area contributed by atoms with Crippen LogP contribution in [0.3, 0.4) is 0 Å². The summed E-state index contributed by atoms with van der Waals surface area (Å²) in [6.45, 7) is 2.30. The van der Waals surface area contributed by atoms with Crippen LogP contribution in [-0.2, 0) is 0 Å². The van der Waals surface area contributed by atoms with Gasteiger partial charge in [-0.05, 0) is 30.9 Å². The number of hydrogen-bond donors (Lipinski definition) is 0. The minimum atomic E-state index is 0.654. The Bertz CT molecular complexity index is 636. The lowest BCUT2D eigenvalue weighted by Crippen LogP contribution is -2.13. The van der Waals surface area contributed by atoms with Crippen LogP contribution in [-0.4, -0.2) is 4.98 Å². The molecule has 0 aliphatic heterocycles. The Kier molecular flexibility index (Phi) is 4.36. The minimum Gasteiger partial charge on any atom is -0.241 e. The van der Waals surface area contributed by atoms with Crippen molar-refractivity contribution >= 4 is 11.3 Å². The Morgan fingerprint density at radius 2 is 2.10 bits per heavy atom. The van der Waals surface area contributed by atoms with Crippen molar-refractivity contribution in [2.45, 2.75) is 44.9 Å². The molecule has 0 saturated heterocycles. The molecule has 0 bridgehead atoms. The molecular weight excluding hydrogens is 276 g/mol. The van der Waals surface area contributed by atoms with Gasteiger partial charge in [0, 0.05) is 16.9 Å². The molecule has 2 aromatic rings. The smallest absolute Gasteiger partial charge is 0.0991 e. The van der Waals surface area contributed by atoms with Crippen molar-refractivity contribution in [2.24, 2.45) is 5.92 Å². The first-order valence-electron chi connectivity index (χ1n) is 7.76. The Morgan fingerprint density at radius 1 is 1.29 bits per heavy atom. The second-order valence-electron chi connectivity index (χ2n) is 5.90. The highest BCUT2D eigenvalue weighted by atomic mass is 32.1. The first kappa shape index (κ1) is 14.3. The van der Waals surface area contributed by atoms with E-state index in [1.54, 1.807) is 11.3 Å². The van der Waals surface area contributed by atoms with Crippen LogP contribution in [0.1, 0.15) is 55.5 Å². The molecule has 0 amide bonds. The van der Waals surface area contributed by atoms with Gasteiger partial charge in [0.1, 0.15) is 0 Å². The molecule has 1 aromatic carbocycles. The van der Waals surface area contributed by atoms with Gasteiger partial charge in [0.2, 0.25) is 0 Å². The molecular formula is C18H20N2S. The van der Waals surface area contributed by atoms with Gasteiger partial charge in [-0.1, -0.05) is 38.3 Å². The number of rotatable bonds is 3. The summed E-state index contributed by atoms with van der Waals surface area (Å²) < 4.78 is 0. The highest BCUT2D eigenvalue weighted by Gasteiger charge is 2.24. The maximum Gasteiger partial charge on any atom is 0.0991 e. The van der Waals surface area contributed by atoms with Gasteiger partial charge in [-0.15, -0.1) is 11.3 Å². The monoisotopic (exact) mass is 296 g/mol. The zero-order valence-electron chi connectivity index (χ0n) is 12.4. The van der Waals surface area contributed by atoms with Gasteiger partial charge in [-0.2, -0.15) is 5.26 Å². The van der Waals surface area contributed by atoms with Crippen molar-refractivity contribution < 1.29 is 0 Å². The normalized spacial score (nSPS) is 21.9. The predicted octanol–water partition coefficient (Wildman–Crippen LogP) is 5.37. The van der Waals surface area contributed by atoms with E-state index in [-0.39, 0.29) is 0 Å². The van der Waals surface area contributed by atoms with Crippen LogP contribution < -0.4 is 0 Å². The van der Waals surface area contributed by atoms with E-state index in [0.717, 1.165) is 17.2 Å². The number of nitrogens with zero attached hydrogens (tertiary/aromatic N) is 2. The summed E-state index contributed by atoms with van der Waals surface area (Å²) in [6, 6.07) is 9.87. The Balaban J connectivity index is 1.77. The highest BCUT2D eigenvalue weighted by Crippen LogP contribution is 2.39. The summed E-state index contributed by atoms with van der Waals surface area (Å²) in [5, 5.41) is 12.3.